The Labute approximate surface area is 106 Å². The highest BCUT2D eigenvalue weighted by Crippen LogP contribution is 1.98. The maximum absolute atomic E-state index is 11.1. The van der Waals surface area contributed by atoms with E-state index in [0.717, 1.165) is 0 Å². The van der Waals surface area contributed by atoms with Gasteiger partial charge in [-0.2, -0.15) is 0 Å². The Morgan fingerprint density at radius 3 is 2.56 bits per heavy atom. The Balaban J connectivity index is 3.40. The van der Waals surface area contributed by atoms with Gasteiger partial charge in [0.2, 0.25) is 0 Å². The van der Waals surface area contributed by atoms with Crippen LogP contribution in [-0.2, 0) is 14.3 Å². The van der Waals surface area contributed by atoms with Crippen molar-refractivity contribution < 1.29 is 24.2 Å². The summed E-state index contributed by atoms with van der Waals surface area (Å²) in [6.45, 7) is 1.89. The fourth-order valence-electron chi connectivity index (χ4n) is 1.14. The van der Waals surface area contributed by atoms with Gasteiger partial charge in [0.15, 0.2) is 0 Å². The third-order valence-electron chi connectivity index (χ3n) is 2.22. The van der Waals surface area contributed by atoms with Crippen molar-refractivity contribution in [2.75, 3.05) is 13.2 Å². The number of ketones is 1. The minimum Gasteiger partial charge on any atom is -0.480 e. The number of ether oxygens (including phenoxy) is 1. The third kappa shape index (κ3) is 9.59. The zero-order chi connectivity index (χ0) is 14.0. The Hall–Kier alpha value is -1.63. The molecule has 1 atom stereocenters. The van der Waals surface area contributed by atoms with Gasteiger partial charge in [0.05, 0.1) is 0 Å². The molecule has 4 N–H and O–H groups in total. The molecule has 0 aliphatic carbocycles. The van der Waals surface area contributed by atoms with E-state index in [4.69, 9.17) is 15.6 Å². The lowest BCUT2D eigenvalue weighted by Crippen LogP contribution is -2.30. The molecule has 0 aliphatic rings. The summed E-state index contributed by atoms with van der Waals surface area (Å²) in [5.41, 5.74) is 5.31. The number of carbonyl (C=O) groups excluding carboxylic acids is 2. The zero-order valence-electron chi connectivity index (χ0n) is 10.5. The standard InChI is InChI=1S/C11H20N2O5/c1-8(14)5-7-18-11(17)13-6-3-2-4-9(12)10(15)16/h9H,2-7,12H2,1H3,(H,13,17)(H,15,16)/t9-/m0/s1. The van der Waals surface area contributed by atoms with E-state index >= 15 is 0 Å². The molecule has 0 aromatic heterocycles. The van der Waals surface area contributed by atoms with Gasteiger partial charge in [0.25, 0.3) is 0 Å². The van der Waals surface area contributed by atoms with Crippen LogP contribution in [0.15, 0.2) is 0 Å². The highest BCUT2D eigenvalue weighted by atomic mass is 16.5. The number of alkyl carbamates (subject to hydrolysis) is 1. The number of unbranched alkanes of at least 4 members (excludes halogenated alkanes) is 1. The maximum Gasteiger partial charge on any atom is 0.407 e. The van der Waals surface area contributed by atoms with Crippen LogP contribution in [0.4, 0.5) is 4.79 Å². The van der Waals surface area contributed by atoms with Gasteiger partial charge in [-0.25, -0.2) is 4.79 Å². The smallest absolute Gasteiger partial charge is 0.407 e. The summed E-state index contributed by atoms with van der Waals surface area (Å²) >= 11 is 0. The quantitative estimate of drug-likeness (QED) is 0.512. The van der Waals surface area contributed by atoms with Gasteiger partial charge in [-0.3, -0.25) is 9.59 Å². The van der Waals surface area contributed by atoms with Gasteiger partial charge in [-0.15, -0.1) is 0 Å². The number of hydrogen-bond acceptors (Lipinski definition) is 5. The van der Waals surface area contributed by atoms with Crippen molar-refractivity contribution in [2.24, 2.45) is 5.73 Å². The first-order valence-corrected chi connectivity index (χ1v) is 5.82. The summed E-state index contributed by atoms with van der Waals surface area (Å²) < 4.78 is 4.73. The van der Waals surface area contributed by atoms with Crippen molar-refractivity contribution >= 4 is 17.8 Å². The molecule has 18 heavy (non-hydrogen) atoms. The van der Waals surface area contributed by atoms with Crippen molar-refractivity contribution in [3.63, 3.8) is 0 Å². The topological polar surface area (TPSA) is 119 Å². The molecule has 0 heterocycles. The van der Waals surface area contributed by atoms with Crippen LogP contribution in [0.5, 0.6) is 0 Å². The van der Waals surface area contributed by atoms with Crippen molar-refractivity contribution in [1.82, 2.24) is 5.32 Å². The summed E-state index contributed by atoms with van der Waals surface area (Å²) in [5, 5.41) is 11.0. The first-order chi connectivity index (χ1) is 8.43. The minimum atomic E-state index is -1.02. The number of carboxylic acids is 1. The molecular weight excluding hydrogens is 240 g/mol. The molecule has 104 valence electrons. The van der Waals surface area contributed by atoms with Crippen molar-refractivity contribution in [2.45, 2.75) is 38.6 Å². The summed E-state index contributed by atoms with van der Waals surface area (Å²) in [4.78, 5) is 32.0. The van der Waals surface area contributed by atoms with Crippen molar-refractivity contribution in [3.05, 3.63) is 0 Å². The molecule has 7 heteroatoms. The highest BCUT2D eigenvalue weighted by molar-refractivity contribution is 5.76. The molecule has 7 nitrogen and oxygen atoms in total. The molecule has 0 fully saturated rings. The molecule has 0 saturated heterocycles. The Kier molecular flexibility index (Phi) is 8.55. The van der Waals surface area contributed by atoms with Gasteiger partial charge in [-0.05, 0) is 26.2 Å². The van der Waals surface area contributed by atoms with Gasteiger partial charge in [-0.1, -0.05) is 0 Å². The number of aliphatic carboxylic acids is 1. The molecule has 0 bridgehead atoms. The summed E-state index contributed by atoms with van der Waals surface area (Å²) in [6, 6.07) is -0.854. The van der Waals surface area contributed by atoms with Gasteiger partial charge < -0.3 is 20.9 Å². The number of Topliss-reactive ketones (excluding diaryl/α,β-unsaturated/α-hetero) is 1. The van der Waals surface area contributed by atoms with E-state index in [1.54, 1.807) is 0 Å². The average molecular weight is 260 g/mol. The molecule has 1 amide bonds. The first kappa shape index (κ1) is 16.4. The number of hydrogen-bond donors (Lipinski definition) is 3. The van der Waals surface area contributed by atoms with Crippen molar-refractivity contribution in [3.8, 4) is 0 Å². The second-order valence-corrected chi connectivity index (χ2v) is 3.96. The van der Waals surface area contributed by atoms with Crippen LogP contribution < -0.4 is 11.1 Å². The van der Waals surface area contributed by atoms with Crippen LogP contribution in [-0.4, -0.2) is 42.1 Å². The number of carboxylic acid groups (broad SMARTS) is 1. The highest BCUT2D eigenvalue weighted by Gasteiger charge is 2.10. The Morgan fingerprint density at radius 2 is 2.00 bits per heavy atom. The SMILES string of the molecule is CC(=O)CCOC(=O)NCCCC[C@H](N)C(=O)O. The summed E-state index contributed by atoms with van der Waals surface area (Å²) in [7, 11) is 0. The Bertz CT molecular complexity index is 293. The molecule has 0 saturated carbocycles. The molecule has 0 unspecified atom stereocenters. The molecule has 0 spiro atoms. The van der Waals surface area contributed by atoms with Crippen LogP contribution in [0, 0.1) is 0 Å². The van der Waals surface area contributed by atoms with Crippen LogP contribution in [0.3, 0.4) is 0 Å². The van der Waals surface area contributed by atoms with Crippen LogP contribution in [0.25, 0.3) is 0 Å². The zero-order valence-corrected chi connectivity index (χ0v) is 10.5. The van der Waals surface area contributed by atoms with Crippen LogP contribution in [0.1, 0.15) is 32.6 Å². The van der Waals surface area contributed by atoms with Crippen LogP contribution in [0.2, 0.25) is 0 Å². The molecule has 0 aromatic rings. The van der Waals surface area contributed by atoms with E-state index < -0.39 is 18.1 Å². The monoisotopic (exact) mass is 260 g/mol. The van der Waals surface area contributed by atoms with E-state index in [1.165, 1.54) is 6.92 Å². The van der Waals surface area contributed by atoms with Gasteiger partial charge in [0.1, 0.15) is 18.4 Å². The van der Waals surface area contributed by atoms with E-state index in [0.29, 0.717) is 25.8 Å². The van der Waals surface area contributed by atoms with Gasteiger partial charge >= 0.3 is 12.1 Å². The fraction of sp³-hybridized carbons (Fsp3) is 0.727. The first-order valence-electron chi connectivity index (χ1n) is 5.82. The number of carbonyl (C=O) groups is 3. The fourth-order valence-corrected chi connectivity index (χ4v) is 1.14. The number of amides is 1. The summed E-state index contributed by atoms with van der Waals surface area (Å²) in [6.07, 6.45) is 1.25. The predicted molar refractivity (Wildman–Crippen MR) is 64.1 cm³/mol. The second kappa shape index (κ2) is 9.41. The largest absolute Gasteiger partial charge is 0.480 e. The number of nitrogens with two attached hydrogens (primary N) is 1. The lowest BCUT2D eigenvalue weighted by Gasteiger charge is -2.07. The number of rotatable bonds is 9. The molecule has 0 aromatic carbocycles. The minimum absolute atomic E-state index is 0.0366. The van der Waals surface area contributed by atoms with E-state index in [1.807, 2.05) is 0 Å². The molecular formula is C11H20N2O5. The molecule has 0 radical (unpaired) electrons. The molecule has 0 rings (SSSR count). The Morgan fingerprint density at radius 1 is 1.33 bits per heavy atom. The number of nitrogens with one attached hydrogen (secondary N) is 1. The second-order valence-electron chi connectivity index (χ2n) is 3.96. The van der Waals surface area contributed by atoms with Gasteiger partial charge in [0, 0.05) is 13.0 Å². The third-order valence-corrected chi connectivity index (χ3v) is 2.22. The van der Waals surface area contributed by atoms with Crippen molar-refractivity contribution in [1.29, 1.82) is 0 Å². The summed E-state index contributed by atoms with van der Waals surface area (Å²) in [5.74, 6) is -1.06. The lowest BCUT2D eigenvalue weighted by molar-refractivity contribution is -0.138. The normalized spacial score (nSPS) is 11.7. The van der Waals surface area contributed by atoms with E-state index in [9.17, 15) is 14.4 Å². The predicted octanol–water partition coefficient (Wildman–Crippen LogP) is 0.274. The lowest BCUT2D eigenvalue weighted by atomic mass is 10.1. The van der Waals surface area contributed by atoms with E-state index in [2.05, 4.69) is 5.32 Å². The van der Waals surface area contributed by atoms with Crippen LogP contribution >= 0.6 is 0 Å². The molecule has 0 aliphatic heterocycles. The maximum atomic E-state index is 11.1. The van der Waals surface area contributed by atoms with E-state index in [-0.39, 0.29) is 18.8 Å². The average Bonchev–Trinajstić information content (AvgIpc) is 2.27.